The van der Waals surface area contributed by atoms with Crippen LogP contribution in [0.3, 0.4) is 0 Å². The topological polar surface area (TPSA) is 51.7 Å². The molecule has 0 aliphatic carbocycles. The molecule has 0 atom stereocenters. The molecule has 0 N–H and O–H groups in total. The number of rotatable bonds is 1. The lowest BCUT2D eigenvalue weighted by Crippen LogP contribution is -2.51. The van der Waals surface area contributed by atoms with Gasteiger partial charge in [-0.3, -0.25) is 4.79 Å². The number of ether oxygens (including phenoxy) is 2. The number of aromatic nitrogens is 1. The molecule has 1 aromatic rings. The van der Waals surface area contributed by atoms with E-state index in [9.17, 15) is 4.79 Å². The van der Waals surface area contributed by atoms with E-state index in [0.717, 1.165) is 23.9 Å². The summed E-state index contributed by atoms with van der Waals surface area (Å²) in [5.74, 6) is -0.644. The number of nitrogens with zero attached hydrogens (tertiary/aromatic N) is 2. The number of hydrogen-bond acceptors (Lipinski definition) is 4. The number of hydrogen-bond donors (Lipinski definition) is 0. The minimum absolute atomic E-state index is 0.0642. The Labute approximate surface area is 120 Å². The maximum absolute atomic E-state index is 12.4. The zero-order valence-electron chi connectivity index (χ0n) is 10.5. The Balaban J connectivity index is 1.74. The van der Waals surface area contributed by atoms with Gasteiger partial charge in [0.1, 0.15) is 5.69 Å². The molecule has 102 valence electrons. The molecule has 0 saturated carbocycles. The zero-order valence-corrected chi connectivity index (χ0v) is 12.1. The van der Waals surface area contributed by atoms with E-state index in [1.807, 2.05) is 6.07 Å². The third-order valence-electron chi connectivity index (χ3n) is 3.46. The molecule has 2 saturated heterocycles. The highest BCUT2D eigenvalue weighted by Gasteiger charge is 2.42. The lowest BCUT2D eigenvalue weighted by Gasteiger charge is -2.38. The van der Waals surface area contributed by atoms with Crippen LogP contribution >= 0.6 is 15.9 Å². The van der Waals surface area contributed by atoms with Crippen molar-refractivity contribution in [3.05, 3.63) is 28.5 Å². The van der Waals surface area contributed by atoms with Crippen LogP contribution in [-0.4, -0.2) is 47.9 Å². The highest BCUT2D eigenvalue weighted by molar-refractivity contribution is 9.10. The highest BCUT2D eigenvalue weighted by atomic mass is 79.9. The van der Waals surface area contributed by atoms with Gasteiger partial charge in [0.15, 0.2) is 5.79 Å². The van der Waals surface area contributed by atoms with Crippen LogP contribution in [0.2, 0.25) is 0 Å². The molecule has 5 nitrogen and oxygen atoms in total. The summed E-state index contributed by atoms with van der Waals surface area (Å²) in [6.07, 6.45) is 3.38. The largest absolute Gasteiger partial charge is 0.346 e. The van der Waals surface area contributed by atoms with Crippen molar-refractivity contribution < 1.29 is 14.3 Å². The van der Waals surface area contributed by atoms with E-state index in [1.54, 1.807) is 17.2 Å². The molecule has 1 aromatic heterocycles. The molecule has 3 heterocycles. The first-order valence-electron chi connectivity index (χ1n) is 6.37. The number of pyridine rings is 1. The SMILES string of the molecule is O=C(c1ccc(Br)cn1)N1CCCC2(C1)OCCO2. The van der Waals surface area contributed by atoms with Crippen LogP contribution in [0.15, 0.2) is 22.8 Å². The first-order valence-corrected chi connectivity index (χ1v) is 7.17. The van der Waals surface area contributed by atoms with Crippen molar-refractivity contribution in [3.63, 3.8) is 0 Å². The van der Waals surface area contributed by atoms with Gasteiger partial charge >= 0.3 is 0 Å². The third-order valence-corrected chi connectivity index (χ3v) is 3.93. The van der Waals surface area contributed by atoms with E-state index in [-0.39, 0.29) is 5.91 Å². The Kier molecular flexibility index (Phi) is 3.56. The Morgan fingerprint density at radius 1 is 1.37 bits per heavy atom. The molecule has 19 heavy (non-hydrogen) atoms. The average molecular weight is 327 g/mol. The molecule has 2 aliphatic heterocycles. The van der Waals surface area contributed by atoms with Crippen LogP contribution in [0, 0.1) is 0 Å². The summed E-state index contributed by atoms with van der Waals surface area (Å²) in [7, 11) is 0. The average Bonchev–Trinajstić information content (AvgIpc) is 2.87. The number of likely N-dealkylation sites (tertiary alicyclic amines) is 1. The van der Waals surface area contributed by atoms with Crippen LogP contribution in [-0.2, 0) is 9.47 Å². The maximum Gasteiger partial charge on any atom is 0.272 e. The Bertz CT molecular complexity index is 471. The number of halogens is 1. The predicted molar refractivity (Wildman–Crippen MR) is 71.7 cm³/mol. The standard InChI is InChI=1S/C13H15BrN2O3/c14-10-2-3-11(15-8-10)12(17)16-5-1-4-13(9-16)18-6-7-19-13/h2-3,8H,1,4-7,9H2. The van der Waals surface area contributed by atoms with Crippen molar-refractivity contribution in [3.8, 4) is 0 Å². The molecule has 2 fully saturated rings. The fraction of sp³-hybridized carbons (Fsp3) is 0.538. The summed E-state index contributed by atoms with van der Waals surface area (Å²) in [6, 6.07) is 3.55. The first-order chi connectivity index (χ1) is 9.19. The summed E-state index contributed by atoms with van der Waals surface area (Å²) in [4.78, 5) is 18.3. The van der Waals surface area contributed by atoms with E-state index >= 15 is 0 Å². The molecule has 0 radical (unpaired) electrons. The van der Waals surface area contributed by atoms with Crippen LogP contribution in [0.5, 0.6) is 0 Å². The van der Waals surface area contributed by atoms with E-state index in [4.69, 9.17) is 9.47 Å². The molecule has 1 spiro atoms. The highest BCUT2D eigenvalue weighted by Crippen LogP contribution is 2.30. The molecule has 3 rings (SSSR count). The van der Waals surface area contributed by atoms with E-state index in [2.05, 4.69) is 20.9 Å². The van der Waals surface area contributed by atoms with Crippen LogP contribution in [0.4, 0.5) is 0 Å². The smallest absolute Gasteiger partial charge is 0.272 e. The zero-order chi connectivity index (χ0) is 13.3. The van der Waals surface area contributed by atoms with Gasteiger partial charge < -0.3 is 14.4 Å². The summed E-state index contributed by atoms with van der Waals surface area (Å²) in [5, 5.41) is 0. The normalized spacial score (nSPS) is 21.8. The van der Waals surface area contributed by atoms with Crippen LogP contribution in [0.1, 0.15) is 23.3 Å². The van der Waals surface area contributed by atoms with Gasteiger partial charge in [0.05, 0.1) is 19.8 Å². The molecule has 1 amide bonds. The van der Waals surface area contributed by atoms with Gasteiger partial charge in [0, 0.05) is 23.6 Å². The van der Waals surface area contributed by atoms with Gasteiger partial charge in [-0.05, 0) is 34.5 Å². The number of piperidine rings is 1. The lowest BCUT2D eigenvalue weighted by molar-refractivity contribution is -0.183. The molecule has 0 aromatic carbocycles. The summed E-state index contributed by atoms with van der Waals surface area (Å²) >= 11 is 3.31. The van der Waals surface area contributed by atoms with Crippen molar-refractivity contribution in [1.29, 1.82) is 0 Å². The van der Waals surface area contributed by atoms with Gasteiger partial charge in [-0.25, -0.2) is 4.98 Å². The number of amides is 1. The van der Waals surface area contributed by atoms with E-state index in [1.165, 1.54) is 0 Å². The number of carbonyl (C=O) groups excluding carboxylic acids is 1. The number of carbonyl (C=O) groups is 1. The molecule has 0 bridgehead atoms. The second-order valence-electron chi connectivity index (χ2n) is 4.80. The summed E-state index contributed by atoms with van der Waals surface area (Å²) < 4.78 is 12.2. The Morgan fingerprint density at radius 3 is 2.84 bits per heavy atom. The van der Waals surface area contributed by atoms with Crippen molar-refractivity contribution in [1.82, 2.24) is 9.88 Å². The first kappa shape index (κ1) is 13.0. The monoisotopic (exact) mass is 326 g/mol. The third kappa shape index (κ3) is 2.66. The van der Waals surface area contributed by atoms with Gasteiger partial charge in [-0.1, -0.05) is 0 Å². The van der Waals surface area contributed by atoms with Gasteiger partial charge in [0.25, 0.3) is 5.91 Å². The van der Waals surface area contributed by atoms with Crippen molar-refractivity contribution >= 4 is 21.8 Å². The Morgan fingerprint density at radius 2 is 2.16 bits per heavy atom. The quantitative estimate of drug-likeness (QED) is 0.790. The van der Waals surface area contributed by atoms with Crippen LogP contribution in [0.25, 0.3) is 0 Å². The second-order valence-corrected chi connectivity index (χ2v) is 5.72. The van der Waals surface area contributed by atoms with E-state index < -0.39 is 5.79 Å². The summed E-state index contributed by atoms with van der Waals surface area (Å²) in [5.41, 5.74) is 0.457. The van der Waals surface area contributed by atoms with E-state index in [0.29, 0.717) is 25.5 Å². The second kappa shape index (κ2) is 5.19. The maximum atomic E-state index is 12.4. The van der Waals surface area contributed by atoms with Crippen molar-refractivity contribution in [2.24, 2.45) is 0 Å². The minimum Gasteiger partial charge on any atom is -0.346 e. The minimum atomic E-state index is -0.580. The molecular weight excluding hydrogens is 312 g/mol. The van der Waals surface area contributed by atoms with Crippen molar-refractivity contribution in [2.45, 2.75) is 18.6 Å². The molecular formula is C13H15BrN2O3. The fourth-order valence-electron chi connectivity index (χ4n) is 2.56. The van der Waals surface area contributed by atoms with Crippen molar-refractivity contribution in [2.75, 3.05) is 26.3 Å². The van der Waals surface area contributed by atoms with Crippen LogP contribution < -0.4 is 0 Å². The molecule has 0 unspecified atom stereocenters. The fourth-order valence-corrected chi connectivity index (χ4v) is 2.79. The van der Waals surface area contributed by atoms with Gasteiger partial charge in [0.2, 0.25) is 0 Å². The molecule has 6 heteroatoms. The predicted octanol–water partition coefficient (Wildman–Crippen LogP) is 1.82. The molecule has 2 aliphatic rings. The summed E-state index contributed by atoms with van der Waals surface area (Å²) in [6.45, 7) is 2.44. The van der Waals surface area contributed by atoms with Gasteiger partial charge in [-0.2, -0.15) is 0 Å². The Hall–Kier alpha value is -0.980. The lowest BCUT2D eigenvalue weighted by atomic mass is 10.0. The van der Waals surface area contributed by atoms with Gasteiger partial charge in [-0.15, -0.1) is 0 Å².